The first kappa shape index (κ1) is 16.9. The van der Waals surface area contributed by atoms with Crippen LogP contribution in [0, 0.1) is 5.82 Å². The van der Waals surface area contributed by atoms with Crippen molar-refractivity contribution >= 4 is 28.9 Å². The minimum atomic E-state index is -2.73. The van der Waals surface area contributed by atoms with Gasteiger partial charge in [0.1, 0.15) is 11.4 Å². The highest BCUT2D eigenvalue weighted by molar-refractivity contribution is 6.31. The molecule has 0 spiro atoms. The van der Waals surface area contributed by atoms with Crippen molar-refractivity contribution in [2.75, 3.05) is 17.7 Å². The number of anilines is 2. The van der Waals surface area contributed by atoms with E-state index in [-0.39, 0.29) is 27.8 Å². The monoisotopic (exact) mass is 345 g/mol. The smallest absolute Gasteiger partial charge is 0.272 e. The van der Waals surface area contributed by atoms with Crippen LogP contribution >= 0.6 is 11.6 Å². The molecule has 1 heterocycles. The molecule has 0 aliphatic carbocycles. The second kappa shape index (κ2) is 7.19. The van der Waals surface area contributed by atoms with Gasteiger partial charge >= 0.3 is 0 Å². The second-order valence-electron chi connectivity index (χ2n) is 4.44. The van der Waals surface area contributed by atoms with Crippen LogP contribution in [0.2, 0.25) is 5.02 Å². The van der Waals surface area contributed by atoms with Crippen molar-refractivity contribution in [1.82, 2.24) is 4.98 Å². The van der Waals surface area contributed by atoms with Gasteiger partial charge in [-0.05, 0) is 24.3 Å². The average Bonchev–Trinajstić information content (AvgIpc) is 2.44. The molecule has 9 heteroatoms. The summed E-state index contributed by atoms with van der Waals surface area (Å²) in [6.45, 7) is -0.928. The molecule has 0 aliphatic heterocycles. The molecule has 1 aromatic carbocycles. The van der Waals surface area contributed by atoms with Gasteiger partial charge in [-0.2, -0.15) is 0 Å². The summed E-state index contributed by atoms with van der Waals surface area (Å²) in [5.41, 5.74) is 5.60. The van der Waals surface area contributed by atoms with Crippen LogP contribution in [0.4, 0.5) is 24.5 Å². The third kappa shape index (κ3) is 4.75. The van der Waals surface area contributed by atoms with E-state index < -0.39 is 24.8 Å². The van der Waals surface area contributed by atoms with E-state index in [0.29, 0.717) is 0 Å². The maximum atomic E-state index is 13.3. The van der Waals surface area contributed by atoms with Gasteiger partial charge in [-0.1, -0.05) is 11.6 Å². The van der Waals surface area contributed by atoms with Gasteiger partial charge in [-0.25, -0.2) is 18.2 Å². The quantitative estimate of drug-likeness (QED) is 0.871. The molecule has 122 valence electrons. The number of rotatable bonds is 5. The Balaban J connectivity index is 2.25. The first-order chi connectivity index (χ1) is 10.8. The molecule has 1 amide bonds. The predicted octanol–water partition coefficient (Wildman–Crippen LogP) is 3.35. The van der Waals surface area contributed by atoms with Crippen LogP contribution in [0.25, 0.3) is 0 Å². The van der Waals surface area contributed by atoms with Gasteiger partial charge in [0.25, 0.3) is 12.3 Å². The molecule has 0 fully saturated rings. The van der Waals surface area contributed by atoms with Crippen LogP contribution in [-0.2, 0) is 0 Å². The minimum absolute atomic E-state index is 0.0835. The Morgan fingerprint density at radius 1 is 1.35 bits per heavy atom. The van der Waals surface area contributed by atoms with Crippen LogP contribution in [0.5, 0.6) is 5.88 Å². The number of nitrogens with two attached hydrogens (primary N) is 1. The number of alkyl halides is 2. The Morgan fingerprint density at radius 3 is 2.74 bits per heavy atom. The van der Waals surface area contributed by atoms with Crippen molar-refractivity contribution in [2.45, 2.75) is 6.43 Å². The summed E-state index contributed by atoms with van der Waals surface area (Å²) in [6, 6.07) is 4.64. The normalized spacial score (nSPS) is 10.7. The third-order valence-electron chi connectivity index (χ3n) is 2.58. The minimum Gasteiger partial charge on any atom is -0.471 e. The van der Waals surface area contributed by atoms with Crippen molar-refractivity contribution < 1.29 is 22.7 Å². The zero-order valence-corrected chi connectivity index (χ0v) is 12.3. The fourth-order valence-electron chi connectivity index (χ4n) is 1.71. The van der Waals surface area contributed by atoms with E-state index in [1.54, 1.807) is 0 Å². The number of carbonyl (C=O) groups is 1. The first-order valence-corrected chi connectivity index (χ1v) is 6.67. The predicted molar refractivity (Wildman–Crippen MR) is 79.5 cm³/mol. The molecule has 0 saturated carbocycles. The highest BCUT2D eigenvalue weighted by Crippen LogP contribution is 2.22. The summed E-state index contributed by atoms with van der Waals surface area (Å²) in [4.78, 5) is 15.9. The van der Waals surface area contributed by atoms with Crippen molar-refractivity contribution in [3.05, 3.63) is 46.9 Å². The first-order valence-electron chi connectivity index (χ1n) is 6.29. The molecule has 0 radical (unpaired) electrons. The SMILES string of the molecule is Nc1cnc(OCC(F)F)c(C(=O)Nc2cc(F)cc(Cl)c2)c1. The van der Waals surface area contributed by atoms with Crippen molar-refractivity contribution in [3.63, 3.8) is 0 Å². The number of carbonyl (C=O) groups excluding carboxylic acids is 1. The topological polar surface area (TPSA) is 77.2 Å². The number of nitrogens with one attached hydrogen (secondary N) is 1. The van der Waals surface area contributed by atoms with Gasteiger partial charge < -0.3 is 15.8 Å². The molecular formula is C14H11ClF3N3O2. The van der Waals surface area contributed by atoms with E-state index >= 15 is 0 Å². The Hall–Kier alpha value is -2.48. The van der Waals surface area contributed by atoms with Crippen LogP contribution < -0.4 is 15.8 Å². The lowest BCUT2D eigenvalue weighted by Crippen LogP contribution is -2.17. The number of hydrogen-bond acceptors (Lipinski definition) is 4. The lowest BCUT2D eigenvalue weighted by atomic mass is 10.2. The molecule has 2 aromatic rings. The highest BCUT2D eigenvalue weighted by atomic mass is 35.5. The molecule has 2 rings (SSSR count). The maximum absolute atomic E-state index is 13.3. The van der Waals surface area contributed by atoms with Crippen LogP contribution in [0.1, 0.15) is 10.4 Å². The Kier molecular flexibility index (Phi) is 5.28. The molecular weight excluding hydrogens is 335 g/mol. The van der Waals surface area contributed by atoms with Crippen LogP contribution in [0.15, 0.2) is 30.5 Å². The number of halogens is 4. The number of nitrogen functional groups attached to an aromatic ring is 1. The lowest BCUT2D eigenvalue weighted by molar-refractivity contribution is 0.0780. The molecule has 1 aromatic heterocycles. The van der Waals surface area contributed by atoms with Crippen LogP contribution in [-0.4, -0.2) is 23.9 Å². The number of pyridine rings is 1. The molecule has 23 heavy (non-hydrogen) atoms. The second-order valence-corrected chi connectivity index (χ2v) is 4.87. The summed E-state index contributed by atoms with van der Waals surface area (Å²) in [5, 5.41) is 2.45. The molecule has 5 nitrogen and oxygen atoms in total. The average molecular weight is 346 g/mol. The van der Waals surface area contributed by atoms with E-state index in [4.69, 9.17) is 22.1 Å². The maximum Gasteiger partial charge on any atom is 0.272 e. The number of hydrogen-bond donors (Lipinski definition) is 2. The zero-order valence-electron chi connectivity index (χ0n) is 11.5. The van der Waals surface area contributed by atoms with E-state index in [1.807, 2.05) is 0 Å². The Bertz CT molecular complexity index is 708. The number of ether oxygens (including phenoxy) is 1. The molecule has 3 N–H and O–H groups in total. The number of nitrogens with zero attached hydrogens (tertiary/aromatic N) is 1. The molecule has 0 aliphatic rings. The fraction of sp³-hybridized carbons (Fsp3) is 0.143. The van der Waals surface area contributed by atoms with Crippen molar-refractivity contribution in [3.8, 4) is 5.88 Å². The fourth-order valence-corrected chi connectivity index (χ4v) is 1.93. The van der Waals surface area contributed by atoms with E-state index in [1.165, 1.54) is 12.1 Å². The van der Waals surface area contributed by atoms with Gasteiger partial charge in [-0.15, -0.1) is 0 Å². The Labute approximate surface area is 134 Å². The standard InChI is InChI=1S/C14H11ClF3N3O2/c15-7-1-8(16)3-10(2-7)21-13(22)11-4-9(19)5-20-14(11)23-6-12(17)18/h1-5,12H,6,19H2,(H,21,22). The number of benzene rings is 1. The largest absolute Gasteiger partial charge is 0.471 e. The van der Waals surface area contributed by atoms with Gasteiger partial charge in [-0.3, -0.25) is 4.79 Å². The summed E-state index contributed by atoms with van der Waals surface area (Å²) in [5.74, 6) is -1.71. The van der Waals surface area contributed by atoms with Crippen LogP contribution in [0.3, 0.4) is 0 Å². The zero-order chi connectivity index (χ0) is 17.0. The Morgan fingerprint density at radius 2 is 2.09 bits per heavy atom. The molecule has 0 saturated heterocycles. The van der Waals surface area contributed by atoms with E-state index in [9.17, 15) is 18.0 Å². The summed E-state index contributed by atoms with van der Waals surface area (Å²) in [6.07, 6.45) is -1.57. The molecule has 0 atom stereocenters. The highest BCUT2D eigenvalue weighted by Gasteiger charge is 2.17. The molecule has 0 bridgehead atoms. The summed E-state index contributed by atoms with van der Waals surface area (Å²) < 4.78 is 42.5. The van der Waals surface area contributed by atoms with Crippen molar-refractivity contribution in [2.24, 2.45) is 0 Å². The van der Waals surface area contributed by atoms with E-state index in [2.05, 4.69) is 10.3 Å². The van der Waals surface area contributed by atoms with Gasteiger partial charge in [0.05, 0.1) is 11.9 Å². The summed E-state index contributed by atoms with van der Waals surface area (Å²) in [7, 11) is 0. The van der Waals surface area contributed by atoms with E-state index in [0.717, 1.165) is 18.3 Å². The number of amides is 1. The number of aromatic nitrogens is 1. The molecule has 0 unspecified atom stereocenters. The van der Waals surface area contributed by atoms with Gasteiger partial charge in [0.15, 0.2) is 6.61 Å². The van der Waals surface area contributed by atoms with Crippen molar-refractivity contribution in [1.29, 1.82) is 0 Å². The third-order valence-corrected chi connectivity index (χ3v) is 2.80. The van der Waals surface area contributed by atoms with Gasteiger partial charge in [0, 0.05) is 10.7 Å². The van der Waals surface area contributed by atoms with Gasteiger partial charge in [0.2, 0.25) is 5.88 Å². The summed E-state index contributed by atoms with van der Waals surface area (Å²) >= 11 is 5.69. The lowest BCUT2D eigenvalue weighted by Gasteiger charge is -2.11.